The Balaban J connectivity index is 2.28. The van der Waals surface area contributed by atoms with Crippen LogP contribution in [0.5, 0.6) is 0 Å². The molecule has 0 aliphatic carbocycles. The zero-order chi connectivity index (χ0) is 12.5. The average Bonchev–Trinajstić information content (AvgIpc) is 2.85. The van der Waals surface area contributed by atoms with Crippen molar-refractivity contribution in [2.45, 2.75) is 0 Å². The third kappa shape index (κ3) is 1.79. The molecule has 2 aromatic heterocycles. The summed E-state index contributed by atoms with van der Waals surface area (Å²) < 4.78 is 0. The highest BCUT2D eigenvalue weighted by atomic mass is 16.4. The minimum atomic E-state index is -1.54. The van der Waals surface area contributed by atoms with E-state index in [4.69, 9.17) is 0 Å². The van der Waals surface area contributed by atoms with E-state index < -0.39 is 7.12 Å². The highest BCUT2D eigenvalue weighted by Crippen LogP contribution is 2.18. The first-order chi connectivity index (χ1) is 8.75. The summed E-state index contributed by atoms with van der Waals surface area (Å²) in [6.07, 6.45) is 1.78. The quantitative estimate of drug-likeness (QED) is 0.581. The molecule has 3 N–H and O–H groups in total. The van der Waals surface area contributed by atoms with Crippen LogP contribution in [-0.4, -0.2) is 27.1 Å². The molecule has 18 heavy (non-hydrogen) atoms. The SMILES string of the molecule is OB(O)c1cc2cc[nH]c2nc1-c1ccccc1. The number of hydrogen-bond acceptors (Lipinski definition) is 3. The Labute approximate surface area is 104 Å². The first-order valence-electron chi connectivity index (χ1n) is 5.65. The fraction of sp³-hybridized carbons (Fsp3) is 0. The second-order valence-corrected chi connectivity index (χ2v) is 4.08. The Bertz CT molecular complexity index is 680. The Kier molecular flexibility index (Phi) is 2.62. The van der Waals surface area contributed by atoms with Gasteiger partial charge in [0.1, 0.15) is 5.65 Å². The number of aromatic nitrogens is 2. The molecule has 0 saturated carbocycles. The van der Waals surface area contributed by atoms with Crippen LogP contribution < -0.4 is 5.46 Å². The lowest BCUT2D eigenvalue weighted by molar-refractivity contribution is 0.426. The molecule has 5 heteroatoms. The van der Waals surface area contributed by atoms with E-state index in [9.17, 15) is 10.0 Å². The van der Waals surface area contributed by atoms with Crippen molar-refractivity contribution < 1.29 is 10.0 Å². The lowest BCUT2D eigenvalue weighted by Gasteiger charge is -2.08. The van der Waals surface area contributed by atoms with Gasteiger partial charge in [0.05, 0.1) is 5.69 Å². The summed E-state index contributed by atoms with van der Waals surface area (Å²) in [6, 6.07) is 13.1. The summed E-state index contributed by atoms with van der Waals surface area (Å²) in [5.74, 6) is 0. The minimum Gasteiger partial charge on any atom is -0.423 e. The number of aromatic amines is 1. The molecule has 3 aromatic rings. The summed E-state index contributed by atoms with van der Waals surface area (Å²) >= 11 is 0. The number of nitrogens with one attached hydrogen (secondary N) is 1. The van der Waals surface area contributed by atoms with E-state index in [-0.39, 0.29) is 0 Å². The molecule has 3 rings (SSSR count). The van der Waals surface area contributed by atoms with Gasteiger partial charge in [0.25, 0.3) is 0 Å². The van der Waals surface area contributed by atoms with Crippen molar-refractivity contribution in [1.29, 1.82) is 0 Å². The van der Waals surface area contributed by atoms with Gasteiger partial charge in [-0.1, -0.05) is 30.3 Å². The van der Waals surface area contributed by atoms with E-state index in [0.717, 1.165) is 16.6 Å². The van der Waals surface area contributed by atoms with Gasteiger partial charge in [-0.15, -0.1) is 0 Å². The molecule has 0 amide bonds. The van der Waals surface area contributed by atoms with Crippen molar-refractivity contribution in [3.8, 4) is 11.3 Å². The van der Waals surface area contributed by atoms with Crippen LogP contribution in [0.2, 0.25) is 0 Å². The number of H-pyrrole nitrogens is 1. The Hall–Kier alpha value is -2.11. The van der Waals surface area contributed by atoms with E-state index in [2.05, 4.69) is 9.97 Å². The molecule has 0 spiro atoms. The van der Waals surface area contributed by atoms with E-state index in [1.54, 1.807) is 12.3 Å². The number of benzene rings is 1. The number of fused-ring (bicyclic) bond motifs is 1. The maximum absolute atomic E-state index is 9.47. The van der Waals surface area contributed by atoms with Gasteiger partial charge in [-0.25, -0.2) is 4.98 Å². The molecule has 0 saturated heterocycles. The molecule has 88 valence electrons. The molecular formula is C13H11BN2O2. The van der Waals surface area contributed by atoms with Gasteiger partial charge in [-0.05, 0) is 17.7 Å². The monoisotopic (exact) mass is 238 g/mol. The van der Waals surface area contributed by atoms with Crippen LogP contribution in [0, 0.1) is 0 Å². The van der Waals surface area contributed by atoms with E-state index in [1.165, 1.54) is 0 Å². The standard InChI is InChI=1S/C13H11BN2O2/c17-14(18)11-8-10-6-7-15-13(10)16-12(11)9-4-2-1-3-5-9/h1-8,17-18H,(H,15,16). The van der Waals surface area contributed by atoms with Crippen molar-refractivity contribution >= 4 is 23.6 Å². The first-order valence-corrected chi connectivity index (χ1v) is 5.65. The predicted octanol–water partition coefficient (Wildman–Crippen LogP) is 0.910. The minimum absolute atomic E-state index is 0.410. The molecule has 1 aromatic carbocycles. The van der Waals surface area contributed by atoms with E-state index in [0.29, 0.717) is 11.2 Å². The summed E-state index contributed by atoms with van der Waals surface area (Å²) in [7, 11) is -1.54. The van der Waals surface area contributed by atoms with Crippen molar-refractivity contribution in [2.75, 3.05) is 0 Å². The number of nitrogens with zero attached hydrogens (tertiary/aromatic N) is 1. The van der Waals surface area contributed by atoms with E-state index >= 15 is 0 Å². The van der Waals surface area contributed by atoms with Crippen LogP contribution in [0.3, 0.4) is 0 Å². The fourth-order valence-corrected chi connectivity index (χ4v) is 2.02. The number of rotatable bonds is 2. The number of pyridine rings is 1. The van der Waals surface area contributed by atoms with Crippen molar-refractivity contribution in [3.05, 3.63) is 48.7 Å². The lowest BCUT2D eigenvalue weighted by atomic mass is 9.77. The van der Waals surface area contributed by atoms with Crippen LogP contribution in [0.25, 0.3) is 22.3 Å². The topological polar surface area (TPSA) is 69.1 Å². The molecule has 0 unspecified atom stereocenters. The Morgan fingerprint density at radius 3 is 2.56 bits per heavy atom. The molecular weight excluding hydrogens is 227 g/mol. The van der Waals surface area contributed by atoms with Gasteiger partial charge < -0.3 is 15.0 Å². The lowest BCUT2D eigenvalue weighted by Crippen LogP contribution is -2.32. The average molecular weight is 238 g/mol. The third-order valence-electron chi connectivity index (χ3n) is 2.89. The van der Waals surface area contributed by atoms with Gasteiger partial charge in [-0.2, -0.15) is 0 Å². The second-order valence-electron chi connectivity index (χ2n) is 4.08. The zero-order valence-electron chi connectivity index (χ0n) is 9.54. The van der Waals surface area contributed by atoms with Crippen molar-refractivity contribution in [3.63, 3.8) is 0 Å². The fourth-order valence-electron chi connectivity index (χ4n) is 2.02. The van der Waals surface area contributed by atoms with Gasteiger partial charge >= 0.3 is 7.12 Å². The van der Waals surface area contributed by atoms with Gasteiger partial charge in [-0.3, -0.25) is 0 Å². The zero-order valence-corrected chi connectivity index (χ0v) is 9.54. The van der Waals surface area contributed by atoms with Gasteiger partial charge in [0, 0.05) is 17.0 Å². The van der Waals surface area contributed by atoms with Gasteiger partial charge in [0.15, 0.2) is 0 Å². The smallest absolute Gasteiger partial charge is 0.423 e. The van der Waals surface area contributed by atoms with Crippen molar-refractivity contribution in [2.24, 2.45) is 0 Å². The maximum Gasteiger partial charge on any atom is 0.490 e. The Morgan fingerprint density at radius 2 is 1.83 bits per heavy atom. The van der Waals surface area contributed by atoms with Crippen LogP contribution in [0.4, 0.5) is 0 Å². The van der Waals surface area contributed by atoms with Gasteiger partial charge in [0.2, 0.25) is 0 Å². The van der Waals surface area contributed by atoms with E-state index in [1.807, 2.05) is 36.4 Å². The number of hydrogen-bond donors (Lipinski definition) is 3. The maximum atomic E-state index is 9.47. The molecule has 0 aliphatic heterocycles. The summed E-state index contributed by atoms with van der Waals surface area (Å²) in [6.45, 7) is 0. The normalized spacial score (nSPS) is 10.8. The third-order valence-corrected chi connectivity index (χ3v) is 2.89. The molecule has 0 bridgehead atoms. The molecule has 4 nitrogen and oxygen atoms in total. The predicted molar refractivity (Wildman–Crippen MR) is 71.4 cm³/mol. The molecule has 0 atom stereocenters. The molecule has 0 fully saturated rings. The molecule has 2 heterocycles. The summed E-state index contributed by atoms with van der Waals surface area (Å²) in [4.78, 5) is 7.47. The second kappa shape index (κ2) is 4.29. The highest BCUT2D eigenvalue weighted by Gasteiger charge is 2.19. The molecule has 0 radical (unpaired) electrons. The van der Waals surface area contributed by atoms with Crippen LogP contribution in [-0.2, 0) is 0 Å². The first kappa shape index (κ1) is 11.0. The largest absolute Gasteiger partial charge is 0.490 e. The van der Waals surface area contributed by atoms with Crippen LogP contribution in [0.15, 0.2) is 48.7 Å². The highest BCUT2D eigenvalue weighted by molar-refractivity contribution is 6.60. The summed E-state index contributed by atoms with van der Waals surface area (Å²) in [5, 5.41) is 19.8. The van der Waals surface area contributed by atoms with Crippen LogP contribution in [0.1, 0.15) is 0 Å². The molecule has 0 aliphatic rings. The van der Waals surface area contributed by atoms with Crippen molar-refractivity contribution in [1.82, 2.24) is 9.97 Å². The van der Waals surface area contributed by atoms with Crippen LogP contribution >= 0.6 is 0 Å². The summed E-state index contributed by atoms with van der Waals surface area (Å²) in [5.41, 5.74) is 2.59. The Morgan fingerprint density at radius 1 is 1.06 bits per heavy atom.